The van der Waals surface area contributed by atoms with E-state index in [4.69, 9.17) is 0 Å². The van der Waals surface area contributed by atoms with Gasteiger partial charge in [0.15, 0.2) is 5.13 Å². The smallest absolute Gasteiger partial charge is 0.341 e. The van der Waals surface area contributed by atoms with E-state index < -0.39 is 27.7 Å². The van der Waals surface area contributed by atoms with E-state index in [0.29, 0.717) is 59.3 Å². The molecular weight excluding hydrogens is 575 g/mol. The summed E-state index contributed by atoms with van der Waals surface area (Å²) in [5, 5.41) is 21.0. The van der Waals surface area contributed by atoms with Gasteiger partial charge in [0.2, 0.25) is 11.3 Å². The summed E-state index contributed by atoms with van der Waals surface area (Å²) in [6.07, 6.45) is 1.29. The molecule has 4 heterocycles. The van der Waals surface area contributed by atoms with Gasteiger partial charge in [-0.15, -0.1) is 11.8 Å². The molecule has 1 unspecified atom stereocenters. The number of nitro benzene ring substituents is 1. The first-order chi connectivity index (χ1) is 19.7. The van der Waals surface area contributed by atoms with Crippen molar-refractivity contribution in [3.63, 3.8) is 0 Å². The molecule has 6 rings (SSSR count). The van der Waals surface area contributed by atoms with Crippen LogP contribution in [-0.2, 0) is 11.3 Å². The summed E-state index contributed by atoms with van der Waals surface area (Å²) < 4.78 is 17.6. The molecule has 0 saturated carbocycles. The predicted molar refractivity (Wildman–Crippen MR) is 155 cm³/mol. The fourth-order valence-corrected chi connectivity index (χ4v) is 7.56. The highest BCUT2D eigenvalue weighted by atomic mass is 32.2. The highest BCUT2D eigenvalue weighted by molar-refractivity contribution is 8.01. The van der Waals surface area contributed by atoms with Crippen molar-refractivity contribution in [2.45, 2.75) is 19.0 Å². The number of carboxylic acids is 1. The van der Waals surface area contributed by atoms with Gasteiger partial charge in [-0.3, -0.25) is 29.5 Å². The Balaban J connectivity index is 1.24. The Morgan fingerprint density at radius 3 is 2.63 bits per heavy atom. The number of aromatic nitrogens is 2. The van der Waals surface area contributed by atoms with Gasteiger partial charge in [-0.1, -0.05) is 11.3 Å². The number of carbonyl (C=O) groups is 2. The lowest BCUT2D eigenvalue weighted by Crippen LogP contribution is -2.54. The molecule has 2 aliphatic rings. The number of thiazole rings is 1. The number of benzene rings is 2. The lowest BCUT2D eigenvalue weighted by molar-refractivity contribution is -0.384. The minimum Gasteiger partial charge on any atom is -0.477 e. The van der Waals surface area contributed by atoms with E-state index in [1.165, 1.54) is 41.4 Å². The van der Waals surface area contributed by atoms with Crippen molar-refractivity contribution in [3.8, 4) is 0 Å². The Bertz CT molecular complexity index is 1800. The molecule has 1 atom stereocenters. The molecule has 1 amide bonds. The first-order valence-corrected chi connectivity index (χ1v) is 14.6. The molecule has 12 nitrogen and oxygen atoms in total. The minimum atomic E-state index is -1.36. The van der Waals surface area contributed by atoms with Crippen LogP contribution < -0.4 is 15.2 Å². The first kappa shape index (κ1) is 27.1. The summed E-state index contributed by atoms with van der Waals surface area (Å²) in [6.45, 7) is 4.17. The topological polar surface area (TPSA) is 142 Å². The van der Waals surface area contributed by atoms with E-state index in [1.807, 2.05) is 11.8 Å². The van der Waals surface area contributed by atoms with Crippen LogP contribution in [0.3, 0.4) is 0 Å². The number of rotatable bonds is 6. The molecule has 2 aromatic heterocycles. The van der Waals surface area contributed by atoms with Crippen LogP contribution in [0.25, 0.3) is 21.1 Å². The zero-order chi connectivity index (χ0) is 29.0. The molecule has 2 saturated heterocycles. The number of carboxylic acid groups (broad SMARTS) is 1. The normalized spacial score (nSPS) is 18.1. The third-order valence-corrected chi connectivity index (χ3v) is 9.55. The summed E-state index contributed by atoms with van der Waals surface area (Å²) in [4.78, 5) is 58.0. The second-order valence-electron chi connectivity index (χ2n) is 9.61. The number of fused-ring (bicyclic) bond motifs is 2. The predicted octanol–water partition coefficient (Wildman–Crippen LogP) is 3.56. The molecule has 0 bridgehead atoms. The fourth-order valence-electron chi connectivity index (χ4n) is 5.24. The molecule has 212 valence electrons. The van der Waals surface area contributed by atoms with E-state index >= 15 is 4.39 Å². The zero-order valence-electron chi connectivity index (χ0n) is 21.7. The Labute approximate surface area is 239 Å². The van der Waals surface area contributed by atoms with Crippen LogP contribution in [0.5, 0.6) is 0 Å². The number of piperazine rings is 1. The van der Waals surface area contributed by atoms with E-state index in [-0.39, 0.29) is 28.2 Å². The monoisotopic (exact) mass is 598 g/mol. The second kappa shape index (κ2) is 10.4. The van der Waals surface area contributed by atoms with Gasteiger partial charge in [-0.2, -0.15) is 0 Å². The number of halogens is 1. The van der Waals surface area contributed by atoms with Crippen molar-refractivity contribution in [3.05, 3.63) is 68.2 Å². The third kappa shape index (κ3) is 4.69. The van der Waals surface area contributed by atoms with E-state index in [9.17, 15) is 29.6 Å². The number of anilines is 2. The standard InChI is InChI=1S/C26H23FN6O6S2/c1-2-29-12-16(24(36)37)23(35)15-10-17(27)20(11-19(15)29)30-5-7-31(8-6-30)26-32(22(34)13-40-26)25-28-18-4-3-14(33(38)39)9-21(18)41-25/h3-4,9-12,26H,2,5-8,13H2,1H3,(H,36,37). The molecule has 4 aromatic rings. The van der Waals surface area contributed by atoms with Gasteiger partial charge in [0, 0.05) is 56.4 Å². The lowest BCUT2D eigenvalue weighted by Gasteiger charge is -2.40. The molecule has 41 heavy (non-hydrogen) atoms. The Kier molecular flexibility index (Phi) is 6.87. The summed E-state index contributed by atoms with van der Waals surface area (Å²) in [5.74, 6) is -1.80. The number of non-ortho nitro benzene ring substituents is 1. The lowest BCUT2D eigenvalue weighted by atomic mass is 10.1. The molecule has 2 aromatic carbocycles. The van der Waals surface area contributed by atoms with Gasteiger partial charge in [0.1, 0.15) is 16.9 Å². The zero-order valence-corrected chi connectivity index (χ0v) is 23.3. The highest BCUT2D eigenvalue weighted by Crippen LogP contribution is 2.39. The third-order valence-electron chi connectivity index (χ3n) is 7.31. The molecule has 0 radical (unpaired) electrons. The van der Waals surface area contributed by atoms with Crippen LogP contribution in [0, 0.1) is 15.9 Å². The van der Waals surface area contributed by atoms with Crippen LogP contribution in [0.1, 0.15) is 17.3 Å². The van der Waals surface area contributed by atoms with Crippen LogP contribution in [0.15, 0.2) is 41.3 Å². The molecule has 15 heteroatoms. The van der Waals surface area contributed by atoms with Gasteiger partial charge in [0.05, 0.1) is 32.1 Å². The maximum Gasteiger partial charge on any atom is 0.341 e. The number of nitrogens with zero attached hydrogens (tertiary/aromatic N) is 6. The number of pyridine rings is 1. The van der Waals surface area contributed by atoms with Crippen molar-refractivity contribution in [1.29, 1.82) is 0 Å². The fraction of sp³-hybridized carbons (Fsp3) is 0.308. The molecular formula is C26H23FN6O6S2. The van der Waals surface area contributed by atoms with Gasteiger partial charge in [-0.05, 0) is 25.1 Å². The molecule has 1 N–H and O–H groups in total. The minimum absolute atomic E-state index is 0.0179. The summed E-state index contributed by atoms with van der Waals surface area (Å²) in [5.41, 5.74) is -0.124. The van der Waals surface area contributed by atoms with Gasteiger partial charge in [-0.25, -0.2) is 14.2 Å². The van der Waals surface area contributed by atoms with Crippen LogP contribution in [-0.4, -0.2) is 73.8 Å². The maximum atomic E-state index is 15.3. The number of carbonyl (C=O) groups excluding carboxylic acids is 1. The number of hydrogen-bond acceptors (Lipinski definition) is 10. The Hall–Kier alpha value is -4.08. The van der Waals surface area contributed by atoms with Crippen LogP contribution in [0.4, 0.5) is 20.9 Å². The van der Waals surface area contributed by atoms with E-state index in [0.717, 1.165) is 6.07 Å². The van der Waals surface area contributed by atoms with Crippen molar-refractivity contribution < 1.29 is 24.0 Å². The van der Waals surface area contributed by atoms with Crippen molar-refractivity contribution in [2.75, 3.05) is 41.7 Å². The van der Waals surface area contributed by atoms with Gasteiger partial charge >= 0.3 is 5.97 Å². The van der Waals surface area contributed by atoms with Crippen molar-refractivity contribution >= 4 is 72.6 Å². The molecule has 2 aliphatic heterocycles. The largest absolute Gasteiger partial charge is 0.477 e. The number of thioether (sulfide) groups is 1. The number of aromatic carboxylic acids is 1. The Morgan fingerprint density at radius 2 is 1.95 bits per heavy atom. The van der Waals surface area contributed by atoms with E-state index in [1.54, 1.807) is 21.6 Å². The molecule has 0 spiro atoms. The molecule has 0 aliphatic carbocycles. The summed E-state index contributed by atoms with van der Waals surface area (Å²) in [6, 6.07) is 7.13. The van der Waals surface area contributed by atoms with Crippen LogP contribution in [0.2, 0.25) is 0 Å². The average molecular weight is 599 g/mol. The number of aryl methyl sites for hydroxylation is 1. The quantitative estimate of drug-likeness (QED) is 0.259. The van der Waals surface area contributed by atoms with Crippen molar-refractivity contribution in [1.82, 2.24) is 14.5 Å². The Morgan fingerprint density at radius 1 is 1.20 bits per heavy atom. The number of amides is 1. The van der Waals surface area contributed by atoms with Gasteiger partial charge in [0.25, 0.3) is 5.69 Å². The van der Waals surface area contributed by atoms with Gasteiger partial charge < -0.3 is 14.6 Å². The summed E-state index contributed by atoms with van der Waals surface area (Å²) in [7, 11) is 0. The van der Waals surface area contributed by atoms with E-state index in [2.05, 4.69) is 9.88 Å². The number of nitro groups is 1. The highest BCUT2D eigenvalue weighted by Gasteiger charge is 2.40. The second-order valence-corrected chi connectivity index (χ2v) is 11.7. The maximum absolute atomic E-state index is 15.3. The average Bonchev–Trinajstić information content (AvgIpc) is 3.55. The number of hydrogen-bond donors (Lipinski definition) is 1. The molecule has 2 fully saturated rings. The van der Waals surface area contributed by atoms with Crippen molar-refractivity contribution in [2.24, 2.45) is 0 Å². The SMILES string of the molecule is CCn1cc(C(=O)O)c(=O)c2cc(F)c(N3CCN(C4SCC(=O)N4c4nc5ccc([N+](=O)[O-])cc5s4)CC3)cc21. The van der Waals surface area contributed by atoms with Crippen LogP contribution >= 0.6 is 23.1 Å². The summed E-state index contributed by atoms with van der Waals surface area (Å²) >= 11 is 2.70. The first-order valence-electron chi connectivity index (χ1n) is 12.7.